The second kappa shape index (κ2) is 4.56. The van der Waals surface area contributed by atoms with Crippen LogP contribution < -0.4 is 0 Å². The van der Waals surface area contributed by atoms with E-state index in [2.05, 4.69) is 15.9 Å². The molecule has 0 aromatic carbocycles. The number of aliphatic carboxylic acids is 1. The number of hydrogen-bond donors (Lipinski definition) is 1. The number of carboxylic acids is 1. The van der Waals surface area contributed by atoms with Crippen molar-refractivity contribution in [1.82, 2.24) is 0 Å². The van der Waals surface area contributed by atoms with Crippen molar-refractivity contribution in [3.8, 4) is 0 Å². The van der Waals surface area contributed by atoms with Crippen LogP contribution in [0.1, 0.15) is 19.8 Å². The van der Waals surface area contributed by atoms with Gasteiger partial charge in [-0.3, -0.25) is 4.79 Å². The summed E-state index contributed by atoms with van der Waals surface area (Å²) in [5.74, 6) is -0.756. The van der Waals surface area contributed by atoms with Crippen LogP contribution in [0.5, 0.6) is 0 Å². The van der Waals surface area contributed by atoms with Crippen LogP contribution in [-0.2, 0) is 4.79 Å². The van der Waals surface area contributed by atoms with Gasteiger partial charge in [-0.15, -0.1) is 0 Å². The van der Waals surface area contributed by atoms with E-state index < -0.39 is 5.97 Å². The van der Waals surface area contributed by atoms with Crippen molar-refractivity contribution in [3.63, 3.8) is 0 Å². The third-order valence-electron chi connectivity index (χ3n) is 0.891. The normalized spacial score (nSPS) is 11.6. The van der Waals surface area contributed by atoms with Gasteiger partial charge in [0.2, 0.25) is 0 Å². The van der Waals surface area contributed by atoms with E-state index in [1.54, 1.807) is 0 Å². The van der Waals surface area contributed by atoms with Crippen LogP contribution in [0.2, 0.25) is 0 Å². The average Bonchev–Trinajstić information content (AvgIpc) is 1.83. The number of carbonyl (C=O) groups is 1. The molecule has 52 valence electrons. The molecule has 2 nitrogen and oxygen atoms in total. The van der Waals surface area contributed by atoms with Gasteiger partial charge in [0.25, 0.3) is 0 Å². The second-order valence-electron chi connectivity index (χ2n) is 1.63. The topological polar surface area (TPSA) is 37.3 Å². The van der Waals surface area contributed by atoms with Gasteiger partial charge in [0.15, 0.2) is 0 Å². The summed E-state index contributed by atoms with van der Waals surface area (Å²) < 4.78 is 0.949. The molecule has 0 aromatic heterocycles. The van der Waals surface area contributed by atoms with Crippen LogP contribution in [0.4, 0.5) is 0 Å². The Labute approximate surface area is 62.7 Å². The maximum absolute atomic E-state index is 9.97. The van der Waals surface area contributed by atoms with Crippen molar-refractivity contribution in [2.24, 2.45) is 0 Å². The molecule has 0 bridgehead atoms. The first kappa shape index (κ1) is 8.69. The van der Waals surface area contributed by atoms with E-state index in [0.29, 0.717) is 6.42 Å². The van der Waals surface area contributed by atoms with E-state index in [1.807, 2.05) is 13.0 Å². The fourth-order valence-electron chi connectivity index (χ4n) is 0.371. The quantitative estimate of drug-likeness (QED) is 0.745. The molecule has 0 amide bonds. The Hall–Kier alpha value is -0.310. The van der Waals surface area contributed by atoms with Crippen molar-refractivity contribution in [1.29, 1.82) is 0 Å². The molecule has 0 rings (SSSR count). The first-order valence-electron chi connectivity index (χ1n) is 2.69. The summed E-state index contributed by atoms with van der Waals surface area (Å²) in [7, 11) is 0. The van der Waals surface area contributed by atoms with E-state index in [4.69, 9.17) is 5.11 Å². The molecule has 0 aromatic rings. The molecule has 3 heteroatoms. The monoisotopic (exact) mass is 192 g/mol. The lowest BCUT2D eigenvalue weighted by Crippen LogP contribution is -1.92. The molecule has 0 aliphatic rings. The maximum Gasteiger partial charge on any atom is 0.303 e. The van der Waals surface area contributed by atoms with Crippen molar-refractivity contribution >= 4 is 21.9 Å². The number of allylic oxidation sites excluding steroid dienone is 2. The summed E-state index contributed by atoms with van der Waals surface area (Å²) >= 11 is 3.20. The van der Waals surface area contributed by atoms with E-state index >= 15 is 0 Å². The summed E-state index contributed by atoms with van der Waals surface area (Å²) in [5, 5.41) is 8.21. The minimum atomic E-state index is -0.756. The number of halogens is 1. The lowest BCUT2D eigenvalue weighted by molar-refractivity contribution is -0.136. The minimum absolute atomic E-state index is 0.199. The highest BCUT2D eigenvalue weighted by molar-refractivity contribution is 9.11. The highest BCUT2D eigenvalue weighted by Gasteiger charge is 1.96. The van der Waals surface area contributed by atoms with Crippen LogP contribution in [-0.4, -0.2) is 11.1 Å². The van der Waals surface area contributed by atoms with Gasteiger partial charge in [-0.25, -0.2) is 0 Å². The summed E-state index contributed by atoms with van der Waals surface area (Å²) in [6.45, 7) is 1.87. The molecule has 0 aliphatic carbocycles. The minimum Gasteiger partial charge on any atom is -0.481 e. The lowest BCUT2D eigenvalue weighted by atomic mass is 10.3. The Bertz CT molecular complexity index is 129. The average molecular weight is 193 g/mol. The van der Waals surface area contributed by atoms with E-state index in [1.165, 1.54) is 0 Å². The van der Waals surface area contributed by atoms with Gasteiger partial charge >= 0.3 is 5.97 Å². The van der Waals surface area contributed by atoms with Crippen LogP contribution in [0.15, 0.2) is 10.6 Å². The molecule has 0 fully saturated rings. The van der Waals surface area contributed by atoms with Gasteiger partial charge in [-0.1, -0.05) is 22.0 Å². The molecule has 0 unspecified atom stereocenters. The highest BCUT2D eigenvalue weighted by atomic mass is 79.9. The van der Waals surface area contributed by atoms with E-state index in [-0.39, 0.29) is 6.42 Å². The summed E-state index contributed by atoms with van der Waals surface area (Å²) in [4.78, 5) is 9.97. The highest BCUT2D eigenvalue weighted by Crippen LogP contribution is 2.11. The van der Waals surface area contributed by atoms with Crippen molar-refractivity contribution in [2.45, 2.75) is 19.8 Å². The molecule has 1 N–H and O–H groups in total. The van der Waals surface area contributed by atoms with Gasteiger partial charge in [0, 0.05) is 6.42 Å². The van der Waals surface area contributed by atoms with Crippen molar-refractivity contribution < 1.29 is 9.90 Å². The summed E-state index contributed by atoms with van der Waals surface area (Å²) in [6, 6.07) is 0. The van der Waals surface area contributed by atoms with Gasteiger partial charge in [-0.2, -0.15) is 0 Å². The summed E-state index contributed by atoms with van der Waals surface area (Å²) in [5.41, 5.74) is 0. The Morgan fingerprint density at radius 1 is 1.67 bits per heavy atom. The predicted octanol–water partition coefficient (Wildman–Crippen LogP) is 2.15. The molecule has 0 aliphatic heterocycles. The molecule has 9 heavy (non-hydrogen) atoms. The van der Waals surface area contributed by atoms with E-state index in [9.17, 15) is 4.79 Å². The fourth-order valence-corrected chi connectivity index (χ4v) is 0.569. The van der Waals surface area contributed by atoms with Crippen LogP contribution in [0, 0.1) is 0 Å². The zero-order valence-corrected chi connectivity index (χ0v) is 6.81. The molecule has 0 atom stereocenters. The van der Waals surface area contributed by atoms with Crippen LogP contribution in [0.3, 0.4) is 0 Å². The third-order valence-corrected chi connectivity index (χ3v) is 1.75. The second-order valence-corrected chi connectivity index (χ2v) is 2.65. The standard InChI is InChI=1S/C6H9BrO2/c1-2-5(7)3-4-6(8)9/h2H,3-4H2,1H3,(H,8,9)/b5-2-. The Kier molecular flexibility index (Phi) is 4.40. The van der Waals surface area contributed by atoms with Gasteiger partial charge in [0.05, 0.1) is 0 Å². The van der Waals surface area contributed by atoms with Crippen molar-refractivity contribution in [2.75, 3.05) is 0 Å². The van der Waals surface area contributed by atoms with Gasteiger partial charge < -0.3 is 5.11 Å². The molecule has 0 spiro atoms. The largest absolute Gasteiger partial charge is 0.481 e. The third kappa shape index (κ3) is 5.56. The predicted molar refractivity (Wildman–Crippen MR) is 39.6 cm³/mol. The number of hydrogen-bond acceptors (Lipinski definition) is 1. The fraction of sp³-hybridized carbons (Fsp3) is 0.500. The molecule has 0 radical (unpaired) electrons. The Morgan fingerprint density at radius 3 is 2.56 bits per heavy atom. The molecular weight excluding hydrogens is 184 g/mol. The molecule has 0 saturated carbocycles. The van der Waals surface area contributed by atoms with Gasteiger partial charge in [-0.05, 0) is 17.8 Å². The van der Waals surface area contributed by atoms with Crippen molar-refractivity contribution in [3.05, 3.63) is 10.6 Å². The van der Waals surface area contributed by atoms with Crippen LogP contribution >= 0.6 is 15.9 Å². The maximum atomic E-state index is 9.97. The number of carboxylic acid groups (broad SMARTS) is 1. The molecular formula is C6H9BrO2. The smallest absolute Gasteiger partial charge is 0.303 e. The Balaban J connectivity index is 3.39. The SMILES string of the molecule is C/C=C(\Br)CCC(=O)O. The molecule has 0 heterocycles. The first-order chi connectivity index (χ1) is 4.16. The lowest BCUT2D eigenvalue weighted by Gasteiger charge is -1.91. The van der Waals surface area contributed by atoms with E-state index in [0.717, 1.165) is 4.48 Å². The zero-order chi connectivity index (χ0) is 7.28. The number of rotatable bonds is 3. The zero-order valence-electron chi connectivity index (χ0n) is 5.22. The Morgan fingerprint density at radius 2 is 2.22 bits per heavy atom. The van der Waals surface area contributed by atoms with Crippen LogP contribution in [0.25, 0.3) is 0 Å². The summed E-state index contributed by atoms with van der Waals surface area (Å²) in [6.07, 6.45) is 2.64. The molecule has 0 saturated heterocycles. The first-order valence-corrected chi connectivity index (χ1v) is 3.48. The van der Waals surface area contributed by atoms with Gasteiger partial charge in [0.1, 0.15) is 0 Å².